The van der Waals surface area contributed by atoms with Crippen molar-refractivity contribution in [2.75, 3.05) is 7.05 Å². The topological polar surface area (TPSA) is 24.9 Å². The van der Waals surface area contributed by atoms with Gasteiger partial charge in [-0.1, -0.05) is 24.3 Å². The Morgan fingerprint density at radius 1 is 1.17 bits per heavy atom. The van der Waals surface area contributed by atoms with E-state index in [2.05, 4.69) is 48.8 Å². The number of nitrogens with zero attached hydrogens (tertiary/aromatic N) is 1. The number of rotatable bonds is 3. The lowest BCUT2D eigenvalue weighted by atomic mass is 10.0. The van der Waals surface area contributed by atoms with Gasteiger partial charge in [0.25, 0.3) is 0 Å². The summed E-state index contributed by atoms with van der Waals surface area (Å²) in [5.74, 6) is 0.802. The lowest BCUT2D eigenvalue weighted by Gasteiger charge is -2.10. The number of para-hydroxylation sites is 1. The lowest BCUT2D eigenvalue weighted by Crippen LogP contribution is -2.21. The fourth-order valence-electron chi connectivity index (χ4n) is 3.04. The fourth-order valence-corrected chi connectivity index (χ4v) is 3.04. The molecule has 1 aromatic heterocycles. The summed E-state index contributed by atoms with van der Waals surface area (Å²) in [5, 5.41) is 4.63. The zero-order valence-electron chi connectivity index (χ0n) is 10.9. The highest BCUT2D eigenvalue weighted by atomic mass is 14.9. The van der Waals surface area contributed by atoms with Crippen molar-refractivity contribution in [2.24, 2.45) is 5.92 Å². The standard InChI is InChI=1S/C16H20N2/c1-17-14-8-6-12(10-14)11-15-9-7-13-4-2-3-5-16(13)18-15/h2-5,7,9,12,14,17H,6,8,10-11H2,1H3. The van der Waals surface area contributed by atoms with Gasteiger partial charge >= 0.3 is 0 Å². The molecule has 3 rings (SSSR count). The molecule has 2 atom stereocenters. The molecule has 1 heterocycles. The summed E-state index contributed by atoms with van der Waals surface area (Å²) in [6, 6.07) is 13.5. The van der Waals surface area contributed by atoms with Gasteiger partial charge in [-0.15, -0.1) is 0 Å². The molecule has 0 spiro atoms. The lowest BCUT2D eigenvalue weighted by molar-refractivity contribution is 0.506. The van der Waals surface area contributed by atoms with E-state index in [9.17, 15) is 0 Å². The second-order valence-corrected chi connectivity index (χ2v) is 5.36. The van der Waals surface area contributed by atoms with Gasteiger partial charge < -0.3 is 5.32 Å². The van der Waals surface area contributed by atoms with Gasteiger partial charge in [0.2, 0.25) is 0 Å². The maximum absolute atomic E-state index is 4.77. The third-order valence-corrected chi connectivity index (χ3v) is 4.10. The van der Waals surface area contributed by atoms with Gasteiger partial charge in [0.1, 0.15) is 0 Å². The Bertz CT molecular complexity index is 535. The molecular formula is C16H20N2. The maximum Gasteiger partial charge on any atom is 0.0705 e. The van der Waals surface area contributed by atoms with Crippen molar-refractivity contribution in [1.82, 2.24) is 10.3 Å². The molecule has 0 aliphatic heterocycles. The van der Waals surface area contributed by atoms with Crippen LogP contribution in [0.5, 0.6) is 0 Å². The van der Waals surface area contributed by atoms with Crippen LogP contribution in [0, 0.1) is 5.92 Å². The number of hydrogen-bond acceptors (Lipinski definition) is 2. The first-order valence-electron chi connectivity index (χ1n) is 6.87. The Hall–Kier alpha value is -1.41. The Labute approximate surface area is 108 Å². The van der Waals surface area contributed by atoms with E-state index in [0.717, 1.165) is 23.9 Å². The minimum atomic E-state index is 0.718. The molecule has 2 nitrogen and oxygen atoms in total. The summed E-state index contributed by atoms with van der Waals surface area (Å²) >= 11 is 0. The van der Waals surface area contributed by atoms with Crippen LogP contribution in [0.15, 0.2) is 36.4 Å². The third-order valence-electron chi connectivity index (χ3n) is 4.10. The second-order valence-electron chi connectivity index (χ2n) is 5.36. The van der Waals surface area contributed by atoms with Gasteiger partial charge in [-0.3, -0.25) is 4.98 Å². The number of nitrogens with one attached hydrogen (secondary N) is 1. The van der Waals surface area contributed by atoms with Crippen molar-refractivity contribution < 1.29 is 0 Å². The number of benzene rings is 1. The minimum absolute atomic E-state index is 0.718. The van der Waals surface area contributed by atoms with Crippen LogP contribution in [-0.4, -0.2) is 18.1 Å². The quantitative estimate of drug-likeness (QED) is 0.891. The summed E-state index contributed by atoms with van der Waals surface area (Å²) in [4.78, 5) is 4.77. The zero-order chi connectivity index (χ0) is 12.4. The summed E-state index contributed by atoms with van der Waals surface area (Å²) < 4.78 is 0. The molecule has 0 amide bonds. The first-order valence-corrected chi connectivity index (χ1v) is 6.87. The van der Waals surface area contributed by atoms with Crippen LogP contribution < -0.4 is 5.32 Å². The largest absolute Gasteiger partial charge is 0.317 e. The van der Waals surface area contributed by atoms with Crippen LogP contribution in [0.3, 0.4) is 0 Å². The van der Waals surface area contributed by atoms with E-state index >= 15 is 0 Å². The highest BCUT2D eigenvalue weighted by molar-refractivity contribution is 5.78. The van der Waals surface area contributed by atoms with Crippen molar-refractivity contribution in [3.63, 3.8) is 0 Å². The fraction of sp³-hybridized carbons (Fsp3) is 0.438. The van der Waals surface area contributed by atoms with Crippen LogP contribution in [-0.2, 0) is 6.42 Å². The molecule has 94 valence electrons. The van der Waals surface area contributed by atoms with Crippen molar-refractivity contribution in [3.05, 3.63) is 42.1 Å². The van der Waals surface area contributed by atoms with Gasteiger partial charge in [-0.2, -0.15) is 0 Å². The molecule has 1 aliphatic rings. The Balaban J connectivity index is 1.75. The normalized spacial score (nSPS) is 23.6. The molecule has 18 heavy (non-hydrogen) atoms. The van der Waals surface area contributed by atoms with Crippen LogP contribution in [0.25, 0.3) is 10.9 Å². The molecular weight excluding hydrogens is 220 g/mol. The molecule has 0 radical (unpaired) electrons. The smallest absolute Gasteiger partial charge is 0.0705 e. The van der Waals surface area contributed by atoms with Crippen molar-refractivity contribution >= 4 is 10.9 Å². The summed E-state index contributed by atoms with van der Waals surface area (Å²) in [6.07, 6.45) is 5.07. The minimum Gasteiger partial charge on any atom is -0.317 e. The first kappa shape index (κ1) is 11.7. The van der Waals surface area contributed by atoms with Crippen LogP contribution in [0.2, 0.25) is 0 Å². The van der Waals surface area contributed by atoms with E-state index < -0.39 is 0 Å². The predicted molar refractivity (Wildman–Crippen MR) is 75.6 cm³/mol. The van der Waals surface area contributed by atoms with E-state index in [-0.39, 0.29) is 0 Å². The number of hydrogen-bond donors (Lipinski definition) is 1. The Kier molecular flexibility index (Phi) is 3.28. The monoisotopic (exact) mass is 240 g/mol. The SMILES string of the molecule is CNC1CCC(Cc2ccc3ccccc3n2)C1. The maximum atomic E-state index is 4.77. The molecule has 2 unspecified atom stereocenters. The van der Waals surface area contributed by atoms with E-state index in [1.807, 2.05) is 0 Å². The van der Waals surface area contributed by atoms with Gasteiger partial charge in [0.05, 0.1) is 5.52 Å². The molecule has 0 bridgehead atoms. The highest BCUT2D eigenvalue weighted by Crippen LogP contribution is 2.28. The predicted octanol–water partition coefficient (Wildman–Crippen LogP) is 3.17. The molecule has 2 heteroatoms. The average Bonchev–Trinajstić information content (AvgIpc) is 2.86. The average molecular weight is 240 g/mol. The zero-order valence-corrected chi connectivity index (χ0v) is 10.9. The van der Waals surface area contributed by atoms with Gasteiger partial charge in [-0.25, -0.2) is 0 Å². The molecule has 1 aliphatic carbocycles. The van der Waals surface area contributed by atoms with E-state index in [1.165, 1.54) is 30.3 Å². The Morgan fingerprint density at radius 2 is 2.06 bits per heavy atom. The first-order chi connectivity index (χ1) is 8.85. The van der Waals surface area contributed by atoms with Gasteiger partial charge in [-0.05, 0) is 50.8 Å². The molecule has 1 N–H and O–H groups in total. The van der Waals surface area contributed by atoms with Crippen molar-refractivity contribution in [1.29, 1.82) is 0 Å². The van der Waals surface area contributed by atoms with Crippen LogP contribution in [0.4, 0.5) is 0 Å². The van der Waals surface area contributed by atoms with Crippen molar-refractivity contribution in [3.8, 4) is 0 Å². The summed E-state index contributed by atoms with van der Waals surface area (Å²) in [7, 11) is 2.07. The van der Waals surface area contributed by atoms with Crippen LogP contribution in [0.1, 0.15) is 25.0 Å². The molecule has 1 aromatic carbocycles. The van der Waals surface area contributed by atoms with Gasteiger partial charge in [0, 0.05) is 17.1 Å². The Morgan fingerprint density at radius 3 is 2.89 bits per heavy atom. The second kappa shape index (κ2) is 5.07. The van der Waals surface area contributed by atoms with E-state index in [4.69, 9.17) is 4.98 Å². The number of pyridine rings is 1. The summed E-state index contributed by atoms with van der Waals surface area (Å²) in [5.41, 5.74) is 2.37. The summed E-state index contributed by atoms with van der Waals surface area (Å²) in [6.45, 7) is 0. The van der Waals surface area contributed by atoms with Crippen LogP contribution >= 0.6 is 0 Å². The number of fused-ring (bicyclic) bond motifs is 1. The third kappa shape index (κ3) is 2.39. The van der Waals surface area contributed by atoms with Crippen molar-refractivity contribution in [2.45, 2.75) is 31.7 Å². The molecule has 2 aromatic rings. The van der Waals surface area contributed by atoms with E-state index in [0.29, 0.717) is 0 Å². The number of aromatic nitrogens is 1. The molecule has 1 saturated carbocycles. The van der Waals surface area contributed by atoms with E-state index in [1.54, 1.807) is 0 Å². The molecule has 1 fully saturated rings. The molecule has 0 saturated heterocycles. The van der Waals surface area contributed by atoms with Gasteiger partial charge in [0.15, 0.2) is 0 Å². The highest BCUT2D eigenvalue weighted by Gasteiger charge is 2.23.